The Labute approximate surface area is 125 Å². The van der Waals surface area contributed by atoms with Crippen LogP contribution >= 0.6 is 11.8 Å². The van der Waals surface area contributed by atoms with E-state index in [9.17, 15) is 13.6 Å². The Balaban J connectivity index is 1.74. The highest BCUT2D eigenvalue weighted by Crippen LogP contribution is 2.35. The third-order valence-electron chi connectivity index (χ3n) is 3.26. The highest BCUT2D eigenvalue weighted by atomic mass is 32.2. The van der Waals surface area contributed by atoms with Crippen LogP contribution in [0.3, 0.4) is 0 Å². The molecule has 108 valence electrons. The van der Waals surface area contributed by atoms with Crippen molar-refractivity contribution in [3.8, 4) is 5.75 Å². The van der Waals surface area contributed by atoms with E-state index in [0.717, 1.165) is 11.0 Å². The van der Waals surface area contributed by atoms with Crippen LogP contribution in [0.25, 0.3) is 0 Å². The van der Waals surface area contributed by atoms with Crippen LogP contribution < -0.4 is 4.74 Å². The second-order valence-electron chi connectivity index (χ2n) is 4.72. The van der Waals surface area contributed by atoms with Gasteiger partial charge in [0.05, 0.1) is 0 Å². The van der Waals surface area contributed by atoms with Crippen LogP contribution in [-0.4, -0.2) is 17.6 Å². The molecule has 3 rings (SSSR count). The number of rotatable bonds is 3. The van der Waals surface area contributed by atoms with Gasteiger partial charge in [0.1, 0.15) is 5.75 Å². The largest absolute Gasteiger partial charge is 0.481 e. The van der Waals surface area contributed by atoms with Gasteiger partial charge in [0.25, 0.3) is 0 Å². The fraction of sp³-hybridized carbons (Fsp3) is 0.188. The Morgan fingerprint density at radius 3 is 2.86 bits per heavy atom. The van der Waals surface area contributed by atoms with E-state index in [1.807, 2.05) is 18.2 Å². The number of thioether (sulfide) groups is 1. The van der Waals surface area contributed by atoms with Crippen molar-refractivity contribution in [2.75, 3.05) is 5.75 Å². The zero-order valence-electron chi connectivity index (χ0n) is 11.0. The van der Waals surface area contributed by atoms with Crippen molar-refractivity contribution in [3.63, 3.8) is 0 Å². The summed E-state index contributed by atoms with van der Waals surface area (Å²) in [5, 5.41) is 0. The van der Waals surface area contributed by atoms with E-state index in [0.29, 0.717) is 11.5 Å². The normalized spacial score (nSPS) is 17.0. The molecule has 2 aromatic rings. The molecule has 1 aliphatic heterocycles. The predicted molar refractivity (Wildman–Crippen MR) is 76.7 cm³/mol. The van der Waals surface area contributed by atoms with Gasteiger partial charge in [0.15, 0.2) is 23.5 Å². The van der Waals surface area contributed by atoms with E-state index in [1.54, 1.807) is 6.07 Å². The minimum absolute atomic E-state index is 0.0625. The van der Waals surface area contributed by atoms with Gasteiger partial charge >= 0.3 is 0 Å². The Bertz CT molecular complexity index is 688. The second kappa shape index (κ2) is 5.85. The average Bonchev–Trinajstić information content (AvgIpc) is 2.51. The minimum atomic E-state index is -0.963. The van der Waals surface area contributed by atoms with E-state index in [-0.39, 0.29) is 17.8 Å². The number of carbonyl (C=O) groups is 1. The van der Waals surface area contributed by atoms with Crippen molar-refractivity contribution in [1.82, 2.24) is 0 Å². The molecular weight excluding hydrogens is 294 g/mol. The summed E-state index contributed by atoms with van der Waals surface area (Å²) in [6.07, 6.45) is -0.802. The van der Waals surface area contributed by atoms with Crippen LogP contribution in [0, 0.1) is 11.6 Å². The summed E-state index contributed by atoms with van der Waals surface area (Å²) in [5.74, 6) is -1.01. The van der Waals surface area contributed by atoms with Gasteiger partial charge in [0, 0.05) is 17.1 Å². The van der Waals surface area contributed by atoms with Crippen molar-refractivity contribution in [2.45, 2.75) is 17.4 Å². The van der Waals surface area contributed by atoms with Crippen LogP contribution in [0.1, 0.15) is 5.56 Å². The van der Waals surface area contributed by atoms with E-state index < -0.39 is 17.7 Å². The van der Waals surface area contributed by atoms with Crippen LogP contribution in [0.2, 0.25) is 0 Å². The summed E-state index contributed by atoms with van der Waals surface area (Å²) in [4.78, 5) is 13.2. The number of benzene rings is 2. The molecular formula is C16H12F2O2S. The summed E-state index contributed by atoms with van der Waals surface area (Å²) >= 11 is 1.53. The van der Waals surface area contributed by atoms with Crippen molar-refractivity contribution in [2.24, 2.45) is 0 Å². The summed E-state index contributed by atoms with van der Waals surface area (Å²) < 4.78 is 32.4. The van der Waals surface area contributed by atoms with Crippen LogP contribution in [-0.2, 0) is 11.2 Å². The highest BCUT2D eigenvalue weighted by Gasteiger charge is 2.27. The molecule has 0 saturated heterocycles. The molecule has 2 nitrogen and oxygen atoms in total. The van der Waals surface area contributed by atoms with Crippen molar-refractivity contribution in [1.29, 1.82) is 0 Å². The van der Waals surface area contributed by atoms with Gasteiger partial charge in [-0.2, -0.15) is 0 Å². The number of hydrogen-bond donors (Lipinski definition) is 0. The molecule has 0 aliphatic carbocycles. The zero-order chi connectivity index (χ0) is 14.8. The van der Waals surface area contributed by atoms with Crippen LogP contribution in [0.5, 0.6) is 5.75 Å². The third-order valence-corrected chi connectivity index (χ3v) is 4.38. The quantitative estimate of drug-likeness (QED) is 0.866. The fourth-order valence-electron chi connectivity index (χ4n) is 2.16. The number of ether oxygens (including phenoxy) is 1. The average molecular weight is 306 g/mol. The molecule has 2 aromatic carbocycles. The maximum atomic E-state index is 13.6. The Morgan fingerprint density at radius 2 is 2.00 bits per heavy atom. The molecule has 0 N–H and O–H groups in total. The van der Waals surface area contributed by atoms with Crippen molar-refractivity contribution >= 4 is 17.5 Å². The number of Topliss-reactive ketones (excluding diaryl/α,β-unsaturated/α-hetero) is 1. The summed E-state index contributed by atoms with van der Waals surface area (Å²) in [7, 11) is 0. The lowest BCUT2D eigenvalue weighted by Crippen LogP contribution is -2.33. The van der Waals surface area contributed by atoms with Gasteiger partial charge in [-0.1, -0.05) is 24.3 Å². The first-order valence-corrected chi connectivity index (χ1v) is 7.48. The zero-order valence-corrected chi connectivity index (χ0v) is 11.8. The molecule has 0 aromatic heterocycles. The maximum Gasteiger partial charge on any atom is 0.178 e. The monoisotopic (exact) mass is 306 g/mol. The molecule has 0 amide bonds. The van der Waals surface area contributed by atoms with E-state index >= 15 is 0 Å². The standard InChI is InChI=1S/C16H12F2O2S/c17-11-5-3-4-10(16(11)18)8-12(19)14-9-21-15-7-2-1-6-13(15)20-14/h1-7,14H,8-9H2. The first-order valence-electron chi connectivity index (χ1n) is 6.49. The number of carbonyl (C=O) groups excluding carboxylic acids is 1. The van der Waals surface area contributed by atoms with Crippen LogP contribution in [0.15, 0.2) is 47.4 Å². The van der Waals surface area contributed by atoms with Gasteiger partial charge in [-0.3, -0.25) is 4.79 Å². The molecule has 1 heterocycles. The Hall–Kier alpha value is -1.88. The second-order valence-corrected chi connectivity index (χ2v) is 5.78. The van der Waals surface area contributed by atoms with Gasteiger partial charge in [0.2, 0.25) is 0 Å². The number of hydrogen-bond acceptors (Lipinski definition) is 3. The first-order chi connectivity index (χ1) is 10.1. The van der Waals surface area contributed by atoms with E-state index in [1.165, 1.54) is 23.9 Å². The highest BCUT2D eigenvalue weighted by molar-refractivity contribution is 7.99. The molecule has 1 atom stereocenters. The lowest BCUT2D eigenvalue weighted by Gasteiger charge is -2.24. The van der Waals surface area contributed by atoms with E-state index in [4.69, 9.17) is 4.74 Å². The van der Waals surface area contributed by atoms with Crippen molar-refractivity contribution in [3.05, 3.63) is 59.7 Å². The summed E-state index contributed by atoms with van der Waals surface area (Å²) in [6.45, 7) is 0. The summed E-state index contributed by atoms with van der Waals surface area (Å²) in [6, 6.07) is 11.3. The Morgan fingerprint density at radius 1 is 1.19 bits per heavy atom. The predicted octanol–water partition coefficient (Wildman–Crippen LogP) is 3.63. The molecule has 1 unspecified atom stereocenters. The van der Waals surface area contributed by atoms with Crippen molar-refractivity contribution < 1.29 is 18.3 Å². The lowest BCUT2D eigenvalue weighted by molar-refractivity contribution is -0.124. The molecule has 0 radical (unpaired) electrons. The first kappa shape index (κ1) is 14.1. The third kappa shape index (κ3) is 2.93. The number of halogens is 2. The van der Waals surface area contributed by atoms with Gasteiger partial charge in [-0.15, -0.1) is 11.8 Å². The van der Waals surface area contributed by atoms with Gasteiger partial charge in [-0.25, -0.2) is 8.78 Å². The topological polar surface area (TPSA) is 26.3 Å². The number of fused-ring (bicyclic) bond motifs is 1. The molecule has 1 aliphatic rings. The molecule has 0 fully saturated rings. The lowest BCUT2D eigenvalue weighted by atomic mass is 10.1. The minimum Gasteiger partial charge on any atom is -0.481 e. The molecule has 0 saturated carbocycles. The van der Waals surface area contributed by atoms with E-state index in [2.05, 4.69) is 0 Å². The van der Waals surface area contributed by atoms with Crippen LogP contribution in [0.4, 0.5) is 8.78 Å². The smallest absolute Gasteiger partial charge is 0.178 e. The number of ketones is 1. The number of para-hydroxylation sites is 1. The maximum absolute atomic E-state index is 13.6. The van der Waals surface area contributed by atoms with Gasteiger partial charge < -0.3 is 4.74 Å². The fourth-order valence-corrected chi connectivity index (χ4v) is 3.18. The summed E-state index contributed by atoms with van der Waals surface area (Å²) in [5.41, 5.74) is 0.0625. The Kier molecular flexibility index (Phi) is 3.92. The molecule has 0 bridgehead atoms. The van der Waals surface area contributed by atoms with Gasteiger partial charge in [-0.05, 0) is 23.8 Å². The SMILES string of the molecule is O=C(Cc1cccc(F)c1F)C1CSc2ccccc2O1. The molecule has 0 spiro atoms. The molecule has 5 heteroatoms. The molecule has 21 heavy (non-hydrogen) atoms.